The van der Waals surface area contributed by atoms with Crippen molar-refractivity contribution < 1.29 is 4.79 Å². The number of rotatable bonds is 3. The van der Waals surface area contributed by atoms with Gasteiger partial charge >= 0.3 is 0 Å². The molecule has 0 spiro atoms. The number of hydrogen-bond acceptors (Lipinski definition) is 5. The smallest absolute Gasteiger partial charge is 0.268 e. The number of nitrogens with two attached hydrogens (primary N) is 1. The number of nitrogens with zero attached hydrogens (tertiary/aromatic N) is 3. The standard InChI is InChI=1S/C14H15N5OS/c1-3-8-9(7-19(2)18-8)17-14(20)13-11(15)12-10(21-13)5-4-6-16-12/h4-7H,3,15H2,1-2H3,(H,17,20). The zero-order valence-electron chi connectivity index (χ0n) is 11.8. The Morgan fingerprint density at radius 1 is 1.52 bits per heavy atom. The topological polar surface area (TPSA) is 85.8 Å². The molecule has 3 heterocycles. The lowest BCUT2D eigenvalue weighted by Crippen LogP contribution is -2.12. The van der Waals surface area contributed by atoms with Gasteiger partial charge in [0.15, 0.2) is 0 Å². The molecule has 0 saturated heterocycles. The molecule has 21 heavy (non-hydrogen) atoms. The molecule has 0 fully saturated rings. The van der Waals surface area contributed by atoms with Crippen LogP contribution in [-0.2, 0) is 13.5 Å². The number of aryl methyl sites for hydroxylation is 2. The number of thiophene rings is 1. The Labute approximate surface area is 125 Å². The quantitative estimate of drug-likeness (QED) is 0.778. The lowest BCUT2D eigenvalue weighted by molar-refractivity contribution is 0.103. The molecule has 0 unspecified atom stereocenters. The summed E-state index contributed by atoms with van der Waals surface area (Å²) in [7, 11) is 1.83. The summed E-state index contributed by atoms with van der Waals surface area (Å²) in [6.07, 6.45) is 4.21. The molecule has 6 nitrogen and oxygen atoms in total. The molecule has 0 aliphatic heterocycles. The van der Waals surface area contributed by atoms with Gasteiger partial charge in [-0.15, -0.1) is 11.3 Å². The Balaban J connectivity index is 1.95. The van der Waals surface area contributed by atoms with E-state index in [9.17, 15) is 4.79 Å². The number of amides is 1. The van der Waals surface area contributed by atoms with Gasteiger partial charge in [-0.2, -0.15) is 5.10 Å². The van der Waals surface area contributed by atoms with Crippen LogP contribution in [0.4, 0.5) is 11.4 Å². The summed E-state index contributed by atoms with van der Waals surface area (Å²) in [6, 6.07) is 3.73. The first-order chi connectivity index (χ1) is 10.1. The second-order valence-corrected chi connectivity index (χ2v) is 5.72. The van der Waals surface area contributed by atoms with Crippen LogP contribution in [0, 0.1) is 0 Å². The molecular formula is C14H15N5OS. The van der Waals surface area contributed by atoms with Crippen molar-refractivity contribution in [3.05, 3.63) is 35.1 Å². The van der Waals surface area contributed by atoms with Crippen molar-refractivity contribution in [2.24, 2.45) is 7.05 Å². The van der Waals surface area contributed by atoms with Crippen molar-refractivity contribution in [1.82, 2.24) is 14.8 Å². The summed E-state index contributed by atoms with van der Waals surface area (Å²) in [5, 5.41) is 7.18. The summed E-state index contributed by atoms with van der Waals surface area (Å²) in [4.78, 5) is 17.1. The van der Waals surface area contributed by atoms with Crippen LogP contribution in [-0.4, -0.2) is 20.7 Å². The molecular weight excluding hydrogens is 286 g/mol. The van der Waals surface area contributed by atoms with Gasteiger partial charge in [-0.05, 0) is 18.6 Å². The molecule has 0 aliphatic rings. The van der Waals surface area contributed by atoms with E-state index < -0.39 is 0 Å². The zero-order chi connectivity index (χ0) is 15.0. The fourth-order valence-corrected chi connectivity index (χ4v) is 3.17. The van der Waals surface area contributed by atoms with Gasteiger partial charge in [0.25, 0.3) is 5.91 Å². The Hall–Kier alpha value is -2.41. The molecule has 0 radical (unpaired) electrons. The Morgan fingerprint density at radius 3 is 3.05 bits per heavy atom. The predicted molar refractivity (Wildman–Crippen MR) is 84.6 cm³/mol. The van der Waals surface area contributed by atoms with E-state index in [2.05, 4.69) is 15.4 Å². The third kappa shape index (κ3) is 2.36. The first kappa shape index (κ1) is 13.6. The van der Waals surface area contributed by atoms with Crippen molar-refractivity contribution in [2.45, 2.75) is 13.3 Å². The van der Waals surface area contributed by atoms with E-state index in [4.69, 9.17) is 5.73 Å². The van der Waals surface area contributed by atoms with Crippen LogP contribution in [0.25, 0.3) is 10.2 Å². The maximum atomic E-state index is 12.4. The largest absolute Gasteiger partial charge is 0.396 e. The van der Waals surface area contributed by atoms with Gasteiger partial charge in [0, 0.05) is 19.4 Å². The molecule has 108 valence electrons. The summed E-state index contributed by atoms with van der Waals surface area (Å²) in [5.74, 6) is -0.224. The van der Waals surface area contributed by atoms with Crippen LogP contribution < -0.4 is 11.1 Å². The lowest BCUT2D eigenvalue weighted by atomic mass is 10.3. The fourth-order valence-electron chi connectivity index (χ4n) is 2.20. The average Bonchev–Trinajstić information content (AvgIpc) is 3.00. The molecule has 3 rings (SSSR count). The van der Waals surface area contributed by atoms with Gasteiger partial charge in [-0.25, -0.2) is 0 Å². The highest BCUT2D eigenvalue weighted by Crippen LogP contribution is 2.32. The molecule has 3 aromatic rings. The monoisotopic (exact) mass is 301 g/mol. The second kappa shape index (κ2) is 5.17. The van der Waals surface area contributed by atoms with Crippen LogP contribution in [0.1, 0.15) is 22.3 Å². The number of carbonyl (C=O) groups is 1. The van der Waals surface area contributed by atoms with Gasteiger partial charge in [-0.3, -0.25) is 14.5 Å². The van der Waals surface area contributed by atoms with E-state index >= 15 is 0 Å². The maximum absolute atomic E-state index is 12.4. The zero-order valence-corrected chi connectivity index (χ0v) is 12.6. The van der Waals surface area contributed by atoms with Gasteiger partial charge in [0.2, 0.25) is 0 Å². The number of aromatic nitrogens is 3. The summed E-state index contributed by atoms with van der Waals surface area (Å²) in [6.45, 7) is 2.00. The Bertz CT molecular complexity index is 820. The number of fused-ring (bicyclic) bond motifs is 1. The number of hydrogen-bond donors (Lipinski definition) is 2. The lowest BCUT2D eigenvalue weighted by Gasteiger charge is -2.03. The third-order valence-corrected chi connectivity index (χ3v) is 4.34. The van der Waals surface area contributed by atoms with E-state index in [-0.39, 0.29) is 5.91 Å². The van der Waals surface area contributed by atoms with Gasteiger partial charge in [0.1, 0.15) is 10.4 Å². The average molecular weight is 301 g/mol. The first-order valence-corrected chi connectivity index (χ1v) is 7.38. The minimum Gasteiger partial charge on any atom is -0.396 e. The van der Waals surface area contributed by atoms with Crippen molar-refractivity contribution in [3.8, 4) is 0 Å². The molecule has 3 N–H and O–H groups in total. The van der Waals surface area contributed by atoms with Crippen LogP contribution in [0.3, 0.4) is 0 Å². The van der Waals surface area contributed by atoms with Crippen molar-refractivity contribution in [1.29, 1.82) is 0 Å². The summed E-state index contributed by atoms with van der Waals surface area (Å²) >= 11 is 1.34. The van der Waals surface area contributed by atoms with Crippen LogP contribution in [0.15, 0.2) is 24.5 Å². The van der Waals surface area contributed by atoms with E-state index in [0.717, 1.165) is 22.5 Å². The highest BCUT2D eigenvalue weighted by Gasteiger charge is 2.18. The number of nitrogen functional groups attached to an aromatic ring is 1. The Morgan fingerprint density at radius 2 is 2.33 bits per heavy atom. The van der Waals surface area contributed by atoms with E-state index in [1.807, 2.05) is 26.1 Å². The first-order valence-electron chi connectivity index (χ1n) is 6.57. The number of pyridine rings is 1. The molecule has 1 amide bonds. The molecule has 0 bridgehead atoms. The minimum atomic E-state index is -0.224. The van der Waals surface area contributed by atoms with Crippen LogP contribution in [0.5, 0.6) is 0 Å². The normalized spacial score (nSPS) is 11.0. The molecule has 0 aliphatic carbocycles. The van der Waals surface area contributed by atoms with E-state index in [1.165, 1.54) is 11.3 Å². The van der Waals surface area contributed by atoms with Crippen LogP contribution in [0.2, 0.25) is 0 Å². The summed E-state index contributed by atoms with van der Waals surface area (Å²) < 4.78 is 2.59. The molecule has 0 atom stereocenters. The highest BCUT2D eigenvalue weighted by molar-refractivity contribution is 7.21. The number of nitrogens with one attached hydrogen (secondary N) is 1. The minimum absolute atomic E-state index is 0.224. The molecule has 0 aromatic carbocycles. The number of carbonyl (C=O) groups excluding carboxylic acids is 1. The molecule has 0 saturated carbocycles. The predicted octanol–water partition coefficient (Wildman–Crippen LogP) is 2.43. The van der Waals surface area contributed by atoms with Crippen molar-refractivity contribution in [2.75, 3.05) is 11.1 Å². The van der Waals surface area contributed by atoms with Gasteiger partial charge in [0.05, 0.1) is 21.8 Å². The Kier molecular flexibility index (Phi) is 3.34. The molecule has 7 heteroatoms. The highest BCUT2D eigenvalue weighted by atomic mass is 32.1. The van der Waals surface area contributed by atoms with E-state index in [0.29, 0.717) is 16.1 Å². The van der Waals surface area contributed by atoms with Crippen LogP contribution >= 0.6 is 11.3 Å². The second-order valence-electron chi connectivity index (χ2n) is 4.67. The molecule has 3 aromatic heterocycles. The fraction of sp³-hybridized carbons (Fsp3) is 0.214. The maximum Gasteiger partial charge on any atom is 0.268 e. The third-order valence-electron chi connectivity index (χ3n) is 3.18. The van der Waals surface area contributed by atoms with Crippen molar-refractivity contribution in [3.63, 3.8) is 0 Å². The van der Waals surface area contributed by atoms with Gasteiger partial charge in [-0.1, -0.05) is 6.92 Å². The van der Waals surface area contributed by atoms with Crippen molar-refractivity contribution >= 4 is 38.8 Å². The SMILES string of the molecule is CCc1nn(C)cc1NC(=O)c1sc2cccnc2c1N. The van der Waals surface area contributed by atoms with E-state index in [1.54, 1.807) is 17.1 Å². The summed E-state index contributed by atoms with van der Waals surface area (Å²) in [5.41, 5.74) is 8.71. The van der Waals surface area contributed by atoms with Gasteiger partial charge < -0.3 is 11.1 Å². The number of anilines is 2.